The number of hydrogen-bond donors (Lipinski definition) is 0. The lowest BCUT2D eigenvalue weighted by molar-refractivity contribution is -0.143. The zero-order valence-electron chi connectivity index (χ0n) is 5.93. The van der Waals surface area contributed by atoms with E-state index in [1.54, 1.807) is 7.11 Å². The molecule has 0 saturated carbocycles. The number of rotatable bonds is 5. The zero-order chi connectivity index (χ0) is 7.82. The lowest BCUT2D eigenvalue weighted by atomic mass is 10.5. The first-order valence-corrected chi connectivity index (χ1v) is 4.14. The summed E-state index contributed by atoms with van der Waals surface area (Å²) in [5.74, 6) is -0.207. The Morgan fingerprint density at radius 2 is 2.20 bits per heavy atom. The van der Waals surface area contributed by atoms with Gasteiger partial charge in [0, 0.05) is 12.4 Å². The van der Waals surface area contributed by atoms with Gasteiger partial charge in [-0.05, 0) is 0 Å². The van der Waals surface area contributed by atoms with Gasteiger partial charge in [0.05, 0.1) is 13.0 Å². The van der Waals surface area contributed by atoms with E-state index in [1.807, 2.05) is 0 Å². The van der Waals surface area contributed by atoms with Crippen molar-refractivity contribution in [3.8, 4) is 0 Å². The molecule has 0 aliphatic heterocycles. The fraction of sp³-hybridized carbons (Fsp3) is 0.833. The molecule has 3 nitrogen and oxygen atoms in total. The van der Waals surface area contributed by atoms with Gasteiger partial charge in [0.2, 0.25) is 0 Å². The summed E-state index contributed by atoms with van der Waals surface area (Å²) in [6.07, 6.45) is 0.337. The molecule has 0 radical (unpaired) electrons. The van der Waals surface area contributed by atoms with Crippen LogP contribution >= 0.6 is 15.9 Å². The van der Waals surface area contributed by atoms with Crippen molar-refractivity contribution in [2.24, 2.45) is 0 Å². The summed E-state index contributed by atoms with van der Waals surface area (Å²) in [5.41, 5.74) is 0. The topological polar surface area (TPSA) is 35.5 Å². The Bertz CT molecular complexity index is 85.0. The van der Waals surface area contributed by atoms with Crippen LogP contribution in [0, 0.1) is 0 Å². The minimum absolute atomic E-state index is 0.207. The van der Waals surface area contributed by atoms with E-state index in [-0.39, 0.29) is 5.97 Å². The summed E-state index contributed by atoms with van der Waals surface area (Å²) in [6, 6.07) is 0. The van der Waals surface area contributed by atoms with Crippen LogP contribution in [0.2, 0.25) is 0 Å². The molecule has 0 aliphatic rings. The monoisotopic (exact) mass is 210 g/mol. The highest BCUT2D eigenvalue weighted by atomic mass is 79.9. The SMILES string of the molecule is COCCC(=O)OCCBr. The third-order valence-electron chi connectivity index (χ3n) is 0.851. The molecule has 60 valence electrons. The van der Waals surface area contributed by atoms with Gasteiger partial charge in [0.15, 0.2) is 0 Å². The quantitative estimate of drug-likeness (QED) is 0.501. The van der Waals surface area contributed by atoms with Crippen LogP contribution < -0.4 is 0 Å². The van der Waals surface area contributed by atoms with Crippen LogP contribution in [-0.2, 0) is 14.3 Å². The van der Waals surface area contributed by atoms with Crippen molar-refractivity contribution in [3.63, 3.8) is 0 Å². The van der Waals surface area contributed by atoms with E-state index in [1.165, 1.54) is 0 Å². The Kier molecular flexibility index (Phi) is 6.96. The van der Waals surface area contributed by atoms with Gasteiger partial charge >= 0.3 is 5.97 Å². The van der Waals surface area contributed by atoms with Crippen molar-refractivity contribution in [1.82, 2.24) is 0 Å². The summed E-state index contributed by atoms with van der Waals surface area (Å²) in [4.78, 5) is 10.6. The number of carbonyl (C=O) groups is 1. The van der Waals surface area contributed by atoms with Gasteiger partial charge in [-0.3, -0.25) is 4.79 Å². The second-order valence-corrected chi connectivity index (χ2v) is 2.45. The van der Waals surface area contributed by atoms with Crippen LogP contribution in [-0.4, -0.2) is 31.6 Å². The number of ether oxygens (including phenoxy) is 2. The maximum atomic E-state index is 10.6. The number of methoxy groups -OCH3 is 1. The first kappa shape index (κ1) is 9.91. The first-order chi connectivity index (χ1) is 4.81. The van der Waals surface area contributed by atoms with Gasteiger partial charge in [-0.2, -0.15) is 0 Å². The number of esters is 1. The van der Waals surface area contributed by atoms with Crippen molar-refractivity contribution < 1.29 is 14.3 Å². The van der Waals surface area contributed by atoms with Gasteiger partial charge < -0.3 is 9.47 Å². The van der Waals surface area contributed by atoms with Crippen molar-refractivity contribution in [3.05, 3.63) is 0 Å². The summed E-state index contributed by atoms with van der Waals surface area (Å²) in [5, 5.41) is 0.686. The number of carbonyl (C=O) groups excluding carboxylic acids is 1. The van der Waals surface area contributed by atoms with Crippen LogP contribution in [0.1, 0.15) is 6.42 Å². The van der Waals surface area contributed by atoms with Gasteiger partial charge in [0.25, 0.3) is 0 Å². The molecule has 0 N–H and O–H groups in total. The molecule has 0 aromatic heterocycles. The van der Waals surface area contributed by atoms with Crippen molar-refractivity contribution in [1.29, 1.82) is 0 Å². The summed E-state index contributed by atoms with van der Waals surface area (Å²) >= 11 is 3.14. The van der Waals surface area contributed by atoms with E-state index >= 15 is 0 Å². The number of hydrogen-bond acceptors (Lipinski definition) is 3. The van der Waals surface area contributed by atoms with Crippen LogP contribution in [0.4, 0.5) is 0 Å². The Balaban J connectivity index is 3.09. The molecular weight excluding hydrogens is 200 g/mol. The average molecular weight is 211 g/mol. The molecule has 0 rings (SSSR count). The molecule has 0 aliphatic carbocycles. The molecule has 0 saturated heterocycles. The van der Waals surface area contributed by atoms with E-state index in [4.69, 9.17) is 4.74 Å². The fourth-order valence-electron chi connectivity index (χ4n) is 0.410. The molecule has 0 bridgehead atoms. The second-order valence-electron chi connectivity index (χ2n) is 1.65. The predicted molar refractivity (Wildman–Crippen MR) is 41.2 cm³/mol. The Morgan fingerprint density at radius 1 is 1.50 bits per heavy atom. The molecule has 0 unspecified atom stereocenters. The predicted octanol–water partition coefficient (Wildman–Crippen LogP) is 0.961. The molecule has 0 aromatic rings. The van der Waals surface area contributed by atoms with Crippen molar-refractivity contribution in [2.45, 2.75) is 6.42 Å². The van der Waals surface area contributed by atoms with Gasteiger partial charge in [-0.1, -0.05) is 15.9 Å². The van der Waals surface area contributed by atoms with Crippen LogP contribution in [0.3, 0.4) is 0 Å². The molecule has 0 heterocycles. The molecule has 0 amide bonds. The minimum atomic E-state index is -0.207. The summed E-state index contributed by atoms with van der Waals surface area (Å²) in [6.45, 7) is 0.865. The smallest absolute Gasteiger partial charge is 0.308 e. The highest BCUT2D eigenvalue weighted by Crippen LogP contribution is 1.88. The summed E-state index contributed by atoms with van der Waals surface area (Å²) in [7, 11) is 1.55. The third kappa shape index (κ3) is 6.04. The van der Waals surface area contributed by atoms with Crippen molar-refractivity contribution >= 4 is 21.9 Å². The molecule has 0 spiro atoms. The molecule has 10 heavy (non-hydrogen) atoms. The standard InChI is InChI=1S/C6H11BrO3/c1-9-4-2-6(8)10-5-3-7/h2-5H2,1H3. The average Bonchev–Trinajstić information content (AvgIpc) is 1.97. The fourth-order valence-corrected chi connectivity index (χ4v) is 0.572. The molecular formula is C6H11BrO3. The molecule has 0 aromatic carbocycles. The Labute approximate surface area is 68.8 Å². The van der Waals surface area contributed by atoms with Gasteiger partial charge in [-0.15, -0.1) is 0 Å². The van der Waals surface area contributed by atoms with E-state index < -0.39 is 0 Å². The van der Waals surface area contributed by atoms with Crippen LogP contribution in [0.25, 0.3) is 0 Å². The van der Waals surface area contributed by atoms with E-state index in [0.29, 0.717) is 25.0 Å². The minimum Gasteiger partial charge on any atom is -0.465 e. The van der Waals surface area contributed by atoms with Crippen LogP contribution in [0.5, 0.6) is 0 Å². The van der Waals surface area contributed by atoms with Crippen molar-refractivity contribution in [2.75, 3.05) is 25.7 Å². The molecule has 0 atom stereocenters. The van der Waals surface area contributed by atoms with Gasteiger partial charge in [-0.25, -0.2) is 0 Å². The second kappa shape index (κ2) is 7.02. The highest BCUT2D eigenvalue weighted by molar-refractivity contribution is 9.09. The third-order valence-corrected chi connectivity index (χ3v) is 1.17. The Hall–Kier alpha value is -0.0900. The highest BCUT2D eigenvalue weighted by Gasteiger charge is 1.99. The lowest BCUT2D eigenvalue weighted by Gasteiger charge is -2.00. The summed E-state index contributed by atoms with van der Waals surface area (Å²) < 4.78 is 9.41. The zero-order valence-corrected chi connectivity index (χ0v) is 7.52. The maximum absolute atomic E-state index is 10.6. The van der Waals surface area contributed by atoms with E-state index in [0.717, 1.165) is 0 Å². The number of halogens is 1. The normalized spacial score (nSPS) is 9.40. The number of alkyl halides is 1. The molecule has 4 heteroatoms. The van der Waals surface area contributed by atoms with E-state index in [9.17, 15) is 4.79 Å². The lowest BCUT2D eigenvalue weighted by Crippen LogP contribution is -2.08. The first-order valence-electron chi connectivity index (χ1n) is 3.01. The van der Waals surface area contributed by atoms with Crippen LogP contribution in [0.15, 0.2) is 0 Å². The van der Waals surface area contributed by atoms with E-state index in [2.05, 4.69) is 20.7 Å². The largest absolute Gasteiger partial charge is 0.465 e. The Morgan fingerprint density at radius 3 is 2.70 bits per heavy atom. The van der Waals surface area contributed by atoms with Gasteiger partial charge in [0.1, 0.15) is 6.61 Å². The molecule has 0 fully saturated rings. The maximum Gasteiger partial charge on any atom is 0.308 e.